The number of carbonyl (C=O) groups excluding carboxylic acids is 1. The predicted molar refractivity (Wildman–Crippen MR) is 89.5 cm³/mol. The Morgan fingerprint density at radius 1 is 1.52 bits per heavy atom. The number of fused-ring (bicyclic) bond motifs is 1. The Kier molecular flexibility index (Phi) is 4.14. The fourth-order valence-corrected chi connectivity index (χ4v) is 4.29. The zero-order valence-electron chi connectivity index (χ0n) is 13.4. The van der Waals surface area contributed by atoms with Gasteiger partial charge in [-0.25, -0.2) is 0 Å². The SMILES string of the molecule is C=C=CC1C=CC(=O)C2(Cc3ccc(OC)c(O)c3)CCCC12. The highest BCUT2D eigenvalue weighted by molar-refractivity contribution is 5.96. The zero-order valence-corrected chi connectivity index (χ0v) is 13.4. The maximum atomic E-state index is 12.7. The predicted octanol–water partition coefficient (Wildman–Crippen LogP) is 3.83. The summed E-state index contributed by atoms with van der Waals surface area (Å²) in [5, 5.41) is 10.0. The molecule has 1 aromatic carbocycles. The highest BCUT2D eigenvalue weighted by Gasteiger charge is 2.51. The zero-order chi connectivity index (χ0) is 16.4. The van der Waals surface area contributed by atoms with Crippen LogP contribution < -0.4 is 4.74 Å². The van der Waals surface area contributed by atoms with E-state index in [4.69, 9.17) is 4.74 Å². The summed E-state index contributed by atoms with van der Waals surface area (Å²) in [4.78, 5) is 12.7. The van der Waals surface area contributed by atoms with Crippen LogP contribution in [0.2, 0.25) is 0 Å². The second-order valence-electron chi connectivity index (χ2n) is 6.51. The van der Waals surface area contributed by atoms with E-state index in [2.05, 4.69) is 12.3 Å². The van der Waals surface area contributed by atoms with E-state index in [1.54, 1.807) is 18.2 Å². The van der Waals surface area contributed by atoms with Gasteiger partial charge in [0.25, 0.3) is 0 Å². The summed E-state index contributed by atoms with van der Waals surface area (Å²) in [6.07, 6.45) is 9.33. The quantitative estimate of drug-likeness (QED) is 0.860. The van der Waals surface area contributed by atoms with Crippen molar-refractivity contribution in [1.29, 1.82) is 0 Å². The summed E-state index contributed by atoms with van der Waals surface area (Å²) >= 11 is 0. The van der Waals surface area contributed by atoms with Crippen molar-refractivity contribution in [2.45, 2.75) is 25.7 Å². The molecule has 2 aliphatic rings. The molecule has 0 heterocycles. The second kappa shape index (κ2) is 6.10. The highest BCUT2D eigenvalue weighted by Crippen LogP contribution is 2.53. The molecule has 0 saturated heterocycles. The third-order valence-corrected chi connectivity index (χ3v) is 5.35. The molecule has 0 aromatic heterocycles. The van der Waals surface area contributed by atoms with Crippen LogP contribution in [0.1, 0.15) is 24.8 Å². The summed E-state index contributed by atoms with van der Waals surface area (Å²) < 4.78 is 5.10. The van der Waals surface area contributed by atoms with Crippen molar-refractivity contribution in [3.8, 4) is 11.5 Å². The van der Waals surface area contributed by atoms with E-state index in [1.807, 2.05) is 18.2 Å². The average Bonchev–Trinajstić information content (AvgIpc) is 2.96. The maximum absolute atomic E-state index is 12.7. The molecule has 120 valence electrons. The molecule has 3 nitrogen and oxygen atoms in total. The molecule has 2 aliphatic carbocycles. The van der Waals surface area contributed by atoms with E-state index in [0.29, 0.717) is 18.1 Å². The van der Waals surface area contributed by atoms with Gasteiger partial charge in [-0.15, -0.1) is 5.73 Å². The van der Waals surface area contributed by atoms with Gasteiger partial charge in [0, 0.05) is 11.3 Å². The van der Waals surface area contributed by atoms with Gasteiger partial charge < -0.3 is 9.84 Å². The van der Waals surface area contributed by atoms with Crippen LogP contribution in [-0.2, 0) is 11.2 Å². The minimum absolute atomic E-state index is 0.122. The van der Waals surface area contributed by atoms with E-state index >= 15 is 0 Å². The molecule has 0 spiro atoms. The van der Waals surface area contributed by atoms with Crippen molar-refractivity contribution in [3.05, 3.63) is 54.3 Å². The summed E-state index contributed by atoms with van der Waals surface area (Å²) in [5.41, 5.74) is 3.48. The number of phenols is 1. The van der Waals surface area contributed by atoms with Crippen LogP contribution in [0.4, 0.5) is 0 Å². The maximum Gasteiger partial charge on any atom is 0.162 e. The third-order valence-electron chi connectivity index (χ3n) is 5.35. The van der Waals surface area contributed by atoms with Crippen molar-refractivity contribution >= 4 is 5.78 Å². The van der Waals surface area contributed by atoms with E-state index < -0.39 is 0 Å². The molecule has 0 bridgehead atoms. The Hall–Kier alpha value is -2.25. The molecule has 23 heavy (non-hydrogen) atoms. The molecular weight excluding hydrogens is 288 g/mol. The Morgan fingerprint density at radius 3 is 3.04 bits per heavy atom. The highest BCUT2D eigenvalue weighted by atomic mass is 16.5. The Balaban J connectivity index is 1.96. The number of methoxy groups -OCH3 is 1. The fraction of sp³-hybridized carbons (Fsp3) is 0.400. The number of rotatable bonds is 4. The van der Waals surface area contributed by atoms with Crippen LogP contribution >= 0.6 is 0 Å². The van der Waals surface area contributed by atoms with Gasteiger partial charge in [-0.05, 0) is 55.0 Å². The number of phenolic OH excluding ortho intramolecular Hbond substituents is 1. The fourth-order valence-electron chi connectivity index (χ4n) is 4.29. The number of hydrogen-bond donors (Lipinski definition) is 1. The van der Waals surface area contributed by atoms with Crippen molar-refractivity contribution in [2.75, 3.05) is 7.11 Å². The monoisotopic (exact) mass is 310 g/mol. The number of hydrogen-bond acceptors (Lipinski definition) is 3. The molecule has 0 radical (unpaired) electrons. The molecule has 0 amide bonds. The first kappa shape index (κ1) is 15.6. The van der Waals surface area contributed by atoms with E-state index in [0.717, 1.165) is 24.8 Å². The van der Waals surface area contributed by atoms with Gasteiger partial charge in [-0.3, -0.25) is 4.79 Å². The first-order valence-electron chi connectivity index (χ1n) is 8.05. The molecule has 1 saturated carbocycles. The lowest BCUT2D eigenvalue weighted by Crippen LogP contribution is -2.41. The molecule has 3 atom stereocenters. The topological polar surface area (TPSA) is 46.5 Å². The summed E-state index contributed by atoms with van der Waals surface area (Å²) in [6, 6.07) is 5.41. The van der Waals surface area contributed by atoms with E-state index in [1.165, 1.54) is 7.11 Å². The lowest BCUT2D eigenvalue weighted by Gasteiger charge is -2.39. The molecular formula is C20H22O3. The van der Waals surface area contributed by atoms with Crippen molar-refractivity contribution in [3.63, 3.8) is 0 Å². The van der Waals surface area contributed by atoms with Crippen LogP contribution in [0.25, 0.3) is 0 Å². The first-order valence-corrected chi connectivity index (χ1v) is 8.05. The van der Waals surface area contributed by atoms with Gasteiger partial charge in [0.1, 0.15) is 0 Å². The Morgan fingerprint density at radius 2 is 2.35 bits per heavy atom. The molecule has 3 unspecified atom stereocenters. The molecule has 3 heteroatoms. The third kappa shape index (κ3) is 2.62. The number of ether oxygens (including phenoxy) is 1. The van der Waals surface area contributed by atoms with Crippen LogP contribution in [0, 0.1) is 17.3 Å². The normalized spacial score (nSPS) is 29.0. The molecule has 1 fully saturated rings. The summed E-state index contributed by atoms with van der Waals surface area (Å²) in [7, 11) is 1.53. The number of allylic oxidation sites excluding steroid dienone is 3. The van der Waals surface area contributed by atoms with E-state index in [-0.39, 0.29) is 22.9 Å². The minimum atomic E-state index is -0.367. The summed E-state index contributed by atoms with van der Waals surface area (Å²) in [5.74, 6) is 1.30. The van der Waals surface area contributed by atoms with Gasteiger partial charge in [0.05, 0.1) is 7.11 Å². The van der Waals surface area contributed by atoms with Gasteiger partial charge in [-0.1, -0.05) is 25.1 Å². The van der Waals surface area contributed by atoms with Crippen LogP contribution in [-0.4, -0.2) is 18.0 Å². The first-order chi connectivity index (χ1) is 11.1. The van der Waals surface area contributed by atoms with Crippen LogP contribution in [0.3, 0.4) is 0 Å². The van der Waals surface area contributed by atoms with Crippen molar-refractivity contribution in [2.24, 2.45) is 17.3 Å². The molecule has 1 aromatic rings. The van der Waals surface area contributed by atoms with Gasteiger partial charge >= 0.3 is 0 Å². The minimum Gasteiger partial charge on any atom is -0.504 e. The van der Waals surface area contributed by atoms with Crippen LogP contribution in [0.15, 0.2) is 48.7 Å². The summed E-state index contributed by atoms with van der Waals surface area (Å²) in [6.45, 7) is 3.68. The molecule has 3 rings (SSSR count). The Labute approximate surface area is 137 Å². The van der Waals surface area contributed by atoms with Gasteiger partial charge in [0.15, 0.2) is 17.3 Å². The molecule has 0 aliphatic heterocycles. The number of benzene rings is 1. The van der Waals surface area contributed by atoms with Gasteiger partial charge in [0.2, 0.25) is 0 Å². The van der Waals surface area contributed by atoms with Crippen molar-refractivity contribution < 1.29 is 14.6 Å². The van der Waals surface area contributed by atoms with Gasteiger partial charge in [-0.2, -0.15) is 0 Å². The van der Waals surface area contributed by atoms with E-state index in [9.17, 15) is 9.90 Å². The Bertz CT molecular complexity index is 697. The molecule has 1 N–H and O–H groups in total. The van der Waals surface area contributed by atoms with Crippen molar-refractivity contribution in [1.82, 2.24) is 0 Å². The lowest BCUT2D eigenvalue weighted by molar-refractivity contribution is -0.127. The lowest BCUT2D eigenvalue weighted by atomic mass is 9.63. The standard InChI is InChI=1S/C20H22O3/c1-3-5-15-8-10-19(22)20(11-4-6-16(15)20)13-14-7-9-18(23-2)17(21)12-14/h5,7-10,12,15-16,21H,1,4,6,11,13H2,2H3. The number of carbonyl (C=O) groups is 1. The second-order valence-corrected chi connectivity index (χ2v) is 6.51. The number of ketones is 1. The average molecular weight is 310 g/mol. The smallest absolute Gasteiger partial charge is 0.162 e. The largest absolute Gasteiger partial charge is 0.504 e. The number of aromatic hydroxyl groups is 1. The van der Waals surface area contributed by atoms with Crippen LogP contribution in [0.5, 0.6) is 11.5 Å².